The summed E-state index contributed by atoms with van der Waals surface area (Å²) < 4.78 is 58.1. The molecule has 1 aliphatic heterocycles. The first-order valence-electron chi connectivity index (χ1n) is 12.2. The van der Waals surface area contributed by atoms with Crippen LogP contribution in [0.1, 0.15) is 29.2 Å². The summed E-state index contributed by atoms with van der Waals surface area (Å²) in [5.41, 5.74) is -0.735. The third kappa shape index (κ3) is 5.18. The van der Waals surface area contributed by atoms with Gasteiger partial charge in [0.1, 0.15) is 11.6 Å². The topological polar surface area (TPSA) is 86.4 Å². The first-order chi connectivity index (χ1) is 18.9. The van der Waals surface area contributed by atoms with Crippen LogP contribution in [0.3, 0.4) is 0 Å². The zero-order valence-electron chi connectivity index (χ0n) is 20.9. The smallest absolute Gasteiger partial charge is 0.406 e. The molecule has 0 unspecified atom stereocenters. The summed E-state index contributed by atoms with van der Waals surface area (Å²) in [5.74, 6) is -1.40. The number of ether oxygens (including phenoxy) is 1. The van der Waals surface area contributed by atoms with Gasteiger partial charge in [0.2, 0.25) is 0 Å². The maximum atomic E-state index is 14.6. The summed E-state index contributed by atoms with van der Waals surface area (Å²) in [6, 6.07) is 11.5. The van der Waals surface area contributed by atoms with Crippen LogP contribution in [-0.2, 0) is 7.05 Å². The lowest BCUT2D eigenvalue weighted by atomic mass is 10.0. The van der Waals surface area contributed by atoms with Gasteiger partial charge in [-0.1, -0.05) is 23.7 Å². The van der Waals surface area contributed by atoms with Crippen LogP contribution in [0, 0.1) is 5.82 Å². The number of amides is 1. The average molecular weight is 577 g/mol. The number of aryl methyl sites for hydroxylation is 1. The second kappa shape index (κ2) is 10.4. The summed E-state index contributed by atoms with van der Waals surface area (Å²) in [7, 11) is 1.42. The minimum atomic E-state index is -4.84. The predicted molar refractivity (Wildman–Crippen MR) is 139 cm³/mol. The molecule has 2 aromatic carbocycles. The fourth-order valence-corrected chi connectivity index (χ4v) is 5.08. The SMILES string of the molecule is Cn1c(=O)c(=O)n(C2CCN(C(=O)c3ccc(OC(F)(F)F)cc3)CC2)c2nc(-c3ccccc3F)c(Cl)cc21. The molecule has 0 N–H and O–H groups in total. The van der Waals surface area contributed by atoms with Crippen molar-refractivity contribution in [2.45, 2.75) is 25.2 Å². The van der Waals surface area contributed by atoms with E-state index in [4.69, 9.17) is 11.6 Å². The average Bonchev–Trinajstić information content (AvgIpc) is 2.92. The second-order valence-electron chi connectivity index (χ2n) is 9.28. The minimum absolute atomic E-state index is 0.102. The fourth-order valence-electron chi connectivity index (χ4n) is 4.84. The van der Waals surface area contributed by atoms with E-state index in [0.29, 0.717) is 12.8 Å². The maximum absolute atomic E-state index is 14.6. The molecule has 4 aromatic rings. The normalized spacial score (nSPS) is 14.5. The number of halogens is 5. The van der Waals surface area contributed by atoms with Gasteiger partial charge in [-0.15, -0.1) is 13.2 Å². The Labute approximate surface area is 229 Å². The number of carbonyl (C=O) groups is 1. The molecule has 0 spiro atoms. The molecular weight excluding hydrogens is 556 g/mol. The molecule has 0 bridgehead atoms. The molecule has 40 heavy (non-hydrogen) atoms. The van der Waals surface area contributed by atoms with Gasteiger partial charge in [-0.3, -0.25) is 19.0 Å². The number of carbonyl (C=O) groups excluding carboxylic acids is 1. The van der Waals surface area contributed by atoms with Gasteiger partial charge < -0.3 is 14.2 Å². The molecule has 1 aliphatic rings. The van der Waals surface area contributed by atoms with E-state index in [9.17, 15) is 31.9 Å². The highest BCUT2D eigenvalue weighted by Crippen LogP contribution is 2.32. The number of hydrogen-bond acceptors (Lipinski definition) is 5. The Morgan fingerprint density at radius 2 is 1.68 bits per heavy atom. The zero-order valence-corrected chi connectivity index (χ0v) is 21.7. The summed E-state index contributed by atoms with van der Waals surface area (Å²) in [6.45, 7) is 0.419. The van der Waals surface area contributed by atoms with E-state index in [-0.39, 0.29) is 46.1 Å². The number of benzene rings is 2. The van der Waals surface area contributed by atoms with Crippen LogP contribution in [-0.4, -0.2) is 44.4 Å². The summed E-state index contributed by atoms with van der Waals surface area (Å²) in [5, 5.41) is 0.102. The number of nitrogens with zero attached hydrogens (tertiary/aromatic N) is 4. The number of piperidine rings is 1. The van der Waals surface area contributed by atoms with Crippen LogP contribution < -0.4 is 15.9 Å². The molecule has 0 radical (unpaired) electrons. The zero-order chi connectivity index (χ0) is 28.8. The number of fused-ring (bicyclic) bond motifs is 1. The Bertz CT molecular complexity index is 1730. The largest absolute Gasteiger partial charge is 0.573 e. The molecule has 2 aromatic heterocycles. The first kappa shape index (κ1) is 27.4. The molecule has 1 saturated heterocycles. The molecule has 0 atom stereocenters. The van der Waals surface area contributed by atoms with Crippen LogP contribution in [0.15, 0.2) is 64.2 Å². The molecule has 5 rings (SSSR count). The van der Waals surface area contributed by atoms with Gasteiger partial charge in [-0.2, -0.15) is 0 Å². The standard InChI is InChI=1S/C27H21ClF4N4O4/c1-34-21-14-19(28)22(18-4-2-3-5-20(18)29)33-23(21)36(26(39)25(34)38)16-10-12-35(13-11-16)24(37)15-6-8-17(9-7-15)40-27(30,31)32/h2-9,14,16H,10-13H2,1H3. The molecule has 1 fully saturated rings. The lowest BCUT2D eigenvalue weighted by Gasteiger charge is -2.33. The van der Waals surface area contributed by atoms with Gasteiger partial charge in [-0.25, -0.2) is 9.37 Å². The molecule has 3 heterocycles. The Morgan fingerprint density at radius 3 is 2.30 bits per heavy atom. The quantitative estimate of drug-likeness (QED) is 0.254. The highest BCUT2D eigenvalue weighted by molar-refractivity contribution is 6.33. The Hall–Kier alpha value is -4.19. The molecule has 8 nitrogen and oxygen atoms in total. The van der Waals surface area contributed by atoms with Crippen molar-refractivity contribution < 1.29 is 27.1 Å². The van der Waals surface area contributed by atoms with E-state index in [2.05, 4.69) is 9.72 Å². The molecule has 0 saturated carbocycles. The van der Waals surface area contributed by atoms with Gasteiger partial charge in [-0.05, 0) is 55.3 Å². The Morgan fingerprint density at radius 1 is 1.02 bits per heavy atom. The van der Waals surface area contributed by atoms with Gasteiger partial charge >= 0.3 is 17.5 Å². The number of alkyl halides is 3. The van der Waals surface area contributed by atoms with E-state index in [1.54, 1.807) is 6.07 Å². The summed E-state index contributed by atoms with van der Waals surface area (Å²) in [4.78, 5) is 45.0. The van der Waals surface area contributed by atoms with Crippen molar-refractivity contribution in [2.75, 3.05) is 13.1 Å². The van der Waals surface area contributed by atoms with Crippen molar-refractivity contribution >= 4 is 28.7 Å². The van der Waals surface area contributed by atoms with Crippen molar-refractivity contribution in [2.24, 2.45) is 7.05 Å². The lowest BCUT2D eigenvalue weighted by molar-refractivity contribution is -0.274. The van der Waals surface area contributed by atoms with Gasteiger partial charge in [0, 0.05) is 37.3 Å². The molecule has 0 aliphatic carbocycles. The van der Waals surface area contributed by atoms with Gasteiger partial charge in [0.25, 0.3) is 5.91 Å². The van der Waals surface area contributed by atoms with E-state index in [0.717, 1.165) is 16.7 Å². The fraction of sp³-hybridized carbons (Fsp3) is 0.259. The number of likely N-dealkylation sites (tertiary alicyclic amines) is 1. The summed E-state index contributed by atoms with van der Waals surface area (Å²) in [6.07, 6.45) is -4.25. The van der Waals surface area contributed by atoms with Gasteiger partial charge in [0.15, 0.2) is 5.65 Å². The number of aromatic nitrogens is 3. The molecule has 208 valence electrons. The van der Waals surface area contributed by atoms with Crippen molar-refractivity contribution in [3.8, 4) is 17.0 Å². The summed E-state index contributed by atoms with van der Waals surface area (Å²) >= 11 is 6.43. The monoisotopic (exact) mass is 576 g/mol. The maximum Gasteiger partial charge on any atom is 0.573 e. The van der Waals surface area contributed by atoms with Crippen molar-refractivity contribution in [3.63, 3.8) is 0 Å². The number of rotatable bonds is 4. The van der Waals surface area contributed by atoms with Crippen molar-refractivity contribution in [1.82, 2.24) is 19.0 Å². The minimum Gasteiger partial charge on any atom is -0.406 e. The van der Waals surface area contributed by atoms with E-state index in [1.807, 2.05) is 0 Å². The molecule has 1 amide bonds. The van der Waals surface area contributed by atoms with Crippen molar-refractivity contribution in [1.29, 1.82) is 0 Å². The third-order valence-corrected chi connectivity index (χ3v) is 7.10. The predicted octanol–water partition coefficient (Wildman–Crippen LogP) is 4.93. The van der Waals surface area contributed by atoms with E-state index >= 15 is 0 Å². The van der Waals surface area contributed by atoms with Crippen LogP contribution >= 0.6 is 11.6 Å². The highest BCUT2D eigenvalue weighted by atomic mass is 35.5. The molecular formula is C27H21ClF4N4O4. The highest BCUT2D eigenvalue weighted by Gasteiger charge is 2.32. The van der Waals surface area contributed by atoms with E-state index in [1.165, 1.54) is 52.9 Å². The van der Waals surface area contributed by atoms with Gasteiger partial charge in [0.05, 0.1) is 16.2 Å². The van der Waals surface area contributed by atoms with Crippen LogP contribution in [0.2, 0.25) is 5.02 Å². The van der Waals surface area contributed by atoms with E-state index < -0.39 is 41.0 Å². The Kier molecular flexibility index (Phi) is 7.13. The first-order valence-corrected chi connectivity index (χ1v) is 12.5. The lowest BCUT2D eigenvalue weighted by Crippen LogP contribution is -2.46. The van der Waals surface area contributed by atoms with Crippen LogP contribution in [0.5, 0.6) is 5.75 Å². The van der Waals surface area contributed by atoms with Crippen molar-refractivity contribution in [3.05, 3.63) is 91.7 Å². The second-order valence-corrected chi connectivity index (χ2v) is 9.68. The van der Waals surface area contributed by atoms with Crippen LogP contribution in [0.4, 0.5) is 17.6 Å². The number of hydrogen-bond donors (Lipinski definition) is 0. The number of pyridine rings is 1. The van der Waals surface area contributed by atoms with Crippen LogP contribution in [0.25, 0.3) is 22.4 Å². The third-order valence-electron chi connectivity index (χ3n) is 6.81. The Balaban J connectivity index is 1.45. The molecule has 13 heteroatoms.